The molecule has 0 saturated heterocycles. The van der Waals surface area contributed by atoms with Gasteiger partial charge in [-0.3, -0.25) is 0 Å². The third-order valence-corrected chi connectivity index (χ3v) is 5.73. The molecule has 0 radical (unpaired) electrons. The number of methoxy groups -OCH3 is 1. The molecule has 2 aromatic carbocycles. The van der Waals surface area contributed by atoms with Crippen LogP contribution in [0.3, 0.4) is 0 Å². The van der Waals surface area contributed by atoms with Crippen molar-refractivity contribution in [3.63, 3.8) is 0 Å². The van der Waals surface area contributed by atoms with Crippen LogP contribution in [0.5, 0.6) is 5.75 Å². The molecule has 0 aliphatic heterocycles. The van der Waals surface area contributed by atoms with Gasteiger partial charge in [-0.25, -0.2) is 4.79 Å². The highest BCUT2D eigenvalue weighted by Gasteiger charge is 2.13. The van der Waals surface area contributed by atoms with Crippen molar-refractivity contribution < 1.29 is 14.6 Å². The second kappa shape index (κ2) is 7.88. The number of carboxylic acid groups (broad SMARTS) is 1. The highest BCUT2D eigenvalue weighted by atomic mass is 32.1. The molecule has 142 valence electrons. The van der Waals surface area contributed by atoms with E-state index in [1.807, 2.05) is 42.5 Å². The zero-order valence-corrected chi connectivity index (χ0v) is 16.2. The first-order valence-corrected chi connectivity index (χ1v) is 9.74. The van der Waals surface area contributed by atoms with Crippen LogP contribution in [-0.2, 0) is 13.1 Å². The first kappa shape index (κ1) is 18.3. The van der Waals surface area contributed by atoms with E-state index in [1.165, 1.54) is 11.3 Å². The van der Waals surface area contributed by atoms with Gasteiger partial charge in [-0.15, -0.1) is 11.3 Å². The third-order valence-electron chi connectivity index (χ3n) is 4.66. The normalized spacial score (nSPS) is 11.0. The van der Waals surface area contributed by atoms with Crippen molar-refractivity contribution in [1.29, 1.82) is 0 Å². The maximum atomic E-state index is 11.2. The number of thiophene rings is 1. The predicted octanol–water partition coefficient (Wildman–Crippen LogP) is 4.69. The highest BCUT2D eigenvalue weighted by Crippen LogP contribution is 2.29. The van der Waals surface area contributed by atoms with Crippen molar-refractivity contribution >= 4 is 28.2 Å². The van der Waals surface area contributed by atoms with E-state index in [2.05, 4.69) is 28.2 Å². The molecular weight excluding hydrogens is 372 g/mol. The van der Waals surface area contributed by atoms with Gasteiger partial charge in [-0.05, 0) is 29.8 Å². The van der Waals surface area contributed by atoms with E-state index in [0.29, 0.717) is 18.0 Å². The molecular formula is C22H20N2O3S. The molecule has 5 nitrogen and oxygen atoms in total. The Hall–Kier alpha value is -3.09. The molecule has 0 fully saturated rings. The summed E-state index contributed by atoms with van der Waals surface area (Å²) in [6, 6.07) is 19.6. The Morgan fingerprint density at radius 1 is 1.04 bits per heavy atom. The van der Waals surface area contributed by atoms with E-state index in [1.54, 1.807) is 13.2 Å². The molecule has 0 saturated carbocycles. The zero-order chi connectivity index (χ0) is 19.5. The molecule has 0 atom stereocenters. The summed E-state index contributed by atoms with van der Waals surface area (Å²) in [5, 5.41) is 14.7. The van der Waals surface area contributed by atoms with Crippen LogP contribution < -0.4 is 10.1 Å². The number of para-hydroxylation sites is 2. The van der Waals surface area contributed by atoms with Crippen molar-refractivity contribution in [3.05, 3.63) is 82.9 Å². The van der Waals surface area contributed by atoms with Crippen LogP contribution in [0.1, 0.15) is 20.8 Å². The van der Waals surface area contributed by atoms with Gasteiger partial charge in [0.25, 0.3) is 0 Å². The lowest BCUT2D eigenvalue weighted by Gasteiger charge is -2.09. The van der Waals surface area contributed by atoms with Crippen molar-refractivity contribution in [2.45, 2.75) is 13.1 Å². The number of carbonyl (C=O) groups is 1. The molecule has 2 heterocycles. The lowest BCUT2D eigenvalue weighted by molar-refractivity contribution is 0.0702. The van der Waals surface area contributed by atoms with Crippen LogP contribution in [-0.4, -0.2) is 22.8 Å². The molecule has 28 heavy (non-hydrogen) atoms. The van der Waals surface area contributed by atoms with Gasteiger partial charge < -0.3 is 19.7 Å². The predicted molar refractivity (Wildman–Crippen MR) is 112 cm³/mol. The zero-order valence-electron chi connectivity index (χ0n) is 15.4. The number of rotatable bonds is 7. The Morgan fingerprint density at radius 3 is 2.57 bits per heavy atom. The van der Waals surface area contributed by atoms with E-state index in [0.717, 1.165) is 32.8 Å². The first-order chi connectivity index (χ1) is 13.7. The van der Waals surface area contributed by atoms with Crippen molar-refractivity contribution in [2.75, 3.05) is 7.11 Å². The van der Waals surface area contributed by atoms with Crippen LogP contribution in [0.25, 0.3) is 15.9 Å². The van der Waals surface area contributed by atoms with E-state index in [4.69, 9.17) is 4.74 Å². The van der Waals surface area contributed by atoms with Gasteiger partial charge in [0, 0.05) is 30.2 Å². The number of nitrogens with one attached hydrogen (secondary N) is 1. The Labute approximate surface area is 166 Å². The molecule has 0 amide bonds. The Morgan fingerprint density at radius 2 is 1.79 bits per heavy atom. The lowest BCUT2D eigenvalue weighted by Crippen LogP contribution is -2.13. The summed E-state index contributed by atoms with van der Waals surface area (Å²) in [6.07, 6.45) is 2.08. The number of aromatic nitrogens is 1. The minimum absolute atomic E-state index is 0.337. The minimum Gasteiger partial charge on any atom is -0.496 e. The summed E-state index contributed by atoms with van der Waals surface area (Å²) in [7, 11) is 1.68. The molecule has 6 heteroatoms. The van der Waals surface area contributed by atoms with Gasteiger partial charge in [0.15, 0.2) is 0 Å². The van der Waals surface area contributed by atoms with Gasteiger partial charge in [-0.2, -0.15) is 0 Å². The van der Waals surface area contributed by atoms with Gasteiger partial charge >= 0.3 is 5.97 Å². The summed E-state index contributed by atoms with van der Waals surface area (Å²) in [5.74, 6) is -0.0244. The number of aromatic carboxylic acids is 1. The highest BCUT2D eigenvalue weighted by molar-refractivity contribution is 7.16. The quantitative estimate of drug-likeness (QED) is 0.479. The average Bonchev–Trinajstić information content (AvgIpc) is 3.34. The number of benzene rings is 2. The molecule has 0 bridgehead atoms. The minimum atomic E-state index is -0.897. The third kappa shape index (κ3) is 3.52. The fourth-order valence-corrected chi connectivity index (χ4v) is 4.16. The van der Waals surface area contributed by atoms with Gasteiger partial charge in [0.1, 0.15) is 15.6 Å². The number of hydrogen-bond donors (Lipinski definition) is 2. The fourth-order valence-electron chi connectivity index (χ4n) is 3.33. The van der Waals surface area contributed by atoms with Crippen LogP contribution in [0, 0.1) is 0 Å². The van der Waals surface area contributed by atoms with Gasteiger partial charge in [0.2, 0.25) is 0 Å². The molecule has 2 N–H and O–H groups in total. The monoisotopic (exact) mass is 392 g/mol. The van der Waals surface area contributed by atoms with Crippen molar-refractivity contribution in [3.8, 4) is 10.8 Å². The van der Waals surface area contributed by atoms with E-state index in [-0.39, 0.29) is 0 Å². The lowest BCUT2D eigenvalue weighted by atomic mass is 10.1. The van der Waals surface area contributed by atoms with Gasteiger partial charge in [0.05, 0.1) is 12.6 Å². The maximum Gasteiger partial charge on any atom is 0.345 e. The number of nitrogens with zero attached hydrogens (tertiary/aromatic N) is 1. The summed E-state index contributed by atoms with van der Waals surface area (Å²) >= 11 is 1.27. The standard InChI is InChI=1S/C22H20N2O3S/c1-27-19-9-5-2-6-15(19)12-23-13-16-14-24(18-8-4-3-7-17(16)18)21-11-10-20(28-21)22(25)26/h2-11,14,23H,12-13H2,1H3,(H,25,26). The van der Waals surface area contributed by atoms with E-state index < -0.39 is 5.97 Å². The Bertz CT molecular complexity index is 1130. The van der Waals surface area contributed by atoms with Crippen LogP contribution >= 0.6 is 11.3 Å². The number of ether oxygens (including phenoxy) is 1. The summed E-state index contributed by atoms with van der Waals surface area (Å²) in [6.45, 7) is 1.40. The van der Waals surface area contributed by atoms with Crippen LogP contribution in [0.4, 0.5) is 0 Å². The van der Waals surface area contributed by atoms with Crippen molar-refractivity contribution in [1.82, 2.24) is 9.88 Å². The molecule has 0 aliphatic carbocycles. The topological polar surface area (TPSA) is 63.5 Å². The molecule has 4 aromatic rings. The van der Waals surface area contributed by atoms with Crippen LogP contribution in [0.2, 0.25) is 0 Å². The largest absolute Gasteiger partial charge is 0.496 e. The van der Waals surface area contributed by atoms with E-state index >= 15 is 0 Å². The number of carboxylic acids is 1. The smallest absolute Gasteiger partial charge is 0.345 e. The number of fused-ring (bicyclic) bond motifs is 1. The van der Waals surface area contributed by atoms with Gasteiger partial charge in [-0.1, -0.05) is 36.4 Å². The SMILES string of the molecule is COc1ccccc1CNCc1cn(-c2ccc(C(=O)O)s2)c2ccccc12. The molecule has 0 unspecified atom stereocenters. The maximum absolute atomic E-state index is 11.2. The average molecular weight is 392 g/mol. The second-order valence-electron chi connectivity index (χ2n) is 6.40. The molecule has 2 aromatic heterocycles. The molecule has 0 spiro atoms. The number of hydrogen-bond acceptors (Lipinski definition) is 4. The Kier molecular flexibility index (Phi) is 5.14. The molecule has 4 rings (SSSR count). The first-order valence-electron chi connectivity index (χ1n) is 8.92. The Balaban J connectivity index is 1.60. The van der Waals surface area contributed by atoms with Crippen LogP contribution in [0.15, 0.2) is 66.9 Å². The second-order valence-corrected chi connectivity index (χ2v) is 7.46. The van der Waals surface area contributed by atoms with E-state index in [9.17, 15) is 9.90 Å². The fraction of sp³-hybridized carbons (Fsp3) is 0.136. The summed E-state index contributed by atoms with van der Waals surface area (Å²) in [5.41, 5.74) is 3.34. The summed E-state index contributed by atoms with van der Waals surface area (Å²) in [4.78, 5) is 11.6. The summed E-state index contributed by atoms with van der Waals surface area (Å²) < 4.78 is 7.47. The van der Waals surface area contributed by atoms with Crippen molar-refractivity contribution in [2.24, 2.45) is 0 Å². The molecule has 0 aliphatic rings.